The zero-order chi connectivity index (χ0) is 34.2. The van der Waals surface area contributed by atoms with E-state index in [0.717, 1.165) is 33.4 Å². The van der Waals surface area contributed by atoms with Crippen LogP contribution >= 0.6 is 10.3 Å². The molecule has 3 aromatic rings. The van der Waals surface area contributed by atoms with Gasteiger partial charge in [0.1, 0.15) is 0 Å². The largest absolute Gasteiger partial charge is 0.524 e. The van der Waals surface area contributed by atoms with Gasteiger partial charge in [0.05, 0.1) is 0 Å². The molecule has 0 atom stereocenters. The molecular weight excluding hydrogens is 614 g/mol. The number of hydrogen-bond donors (Lipinski definition) is 0. The van der Waals surface area contributed by atoms with Crippen molar-refractivity contribution in [3.63, 3.8) is 0 Å². The van der Waals surface area contributed by atoms with Gasteiger partial charge in [-0.1, -0.05) is 126 Å². The maximum absolute atomic E-state index is 14.6. The zero-order valence-corrected chi connectivity index (χ0v) is 30.5. The first-order valence-corrected chi connectivity index (χ1v) is 18.9. The van der Waals surface area contributed by atoms with E-state index >= 15 is 0 Å². The van der Waals surface area contributed by atoms with Crippen LogP contribution in [0, 0.1) is 0 Å². The lowest BCUT2D eigenvalue weighted by atomic mass is 9.89. The summed E-state index contributed by atoms with van der Waals surface area (Å²) in [5.74, 6) is -0.240. The van der Waals surface area contributed by atoms with Gasteiger partial charge in [-0.15, -0.1) is 0 Å². The van der Waals surface area contributed by atoms with Crippen LogP contribution in [0.15, 0.2) is 69.3 Å². The average molecular weight is 665 g/mol. The van der Waals surface area contributed by atoms with Crippen LogP contribution in [0.1, 0.15) is 152 Å². The number of halogens is 3. The van der Waals surface area contributed by atoms with Crippen molar-refractivity contribution in [3.8, 4) is 0 Å². The summed E-state index contributed by atoms with van der Waals surface area (Å²) in [5, 5.41) is 0. The van der Waals surface area contributed by atoms with Gasteiger partial charge in [0.25, 0.3) is 0 Å². The lowest BCUT2D eigenvalue weighted by molar-refractivity contribution is -0.0496. The molecule has 45 heavy (non-hydrogen) atoms. The van der Waals surface area contributed by atoms with Crippen LogP contribution in [0.4, 0.5) is 13.2 Å². The van der Waals surface area contributed by atoms with E-state index in [1.165, 1.54) is 0 Å². The van der Waals surface area contributed by atoms with Crippen molar-refractivity contribution in [2.24, 2.45) is 0 Å². The summed E-state index contributed by atoms with van der Waals surface area (Å²) in [6.07, 6.45) is 0. The molecule has 8 heteroatoms. The quantitative estimate of drug-likeness (QED) is 0.192. The Labute approximate surface area is 271 Å². The Kier molecular flexibility index (Phi) is 11.4. The Morgan fingerprint density at radius 2 is 0.844 bits per heavy atom. The smallest absolute Gasteiger partial charge is 0.200 e. The highest BCUT2D eigenvalue weighted by Crippen LogP contribution is 2.75. The molecule has 0 bridgehead atoms. The molecule has 0 amide bonds. The molecule has 0 unspecified atom stereocenters. The Bertz CT molecular complexity index is 1450. The zero-order valence-electron chi connectivity index (χ0n) is 28.8. The van der Waals surface area contributed by atoms with Crippen molar-refractivity contribution in [2.75, 3.05) is 0 Å². The number of alkyl halides is 3. The van der Waals surface area contributed by atoms with E-state index in [9.17, 15) is 21.6 Å². The molecule has 0 aliphatic rings. The van der Waals surface area contributed by atoms with Gasteiger partial charge in [-0.05, 0) is 91.3 Å². The maximum atomic E-state index is 14.6. The van der Waals surface area contributed by atoms with Gasteiger partial charge < -0.3 is 0 Å². The molecule has 0 saturated heterocycles. The maximum Gasteiger partial charge on any atom is 0.524 e. The fourth-order valence-electron chi connectivity index (χ4n) is 5.67. The second-order valence-electron chi connectivity index (χ2n) is 13.8. The van der Waals surface area contributed by atoms with Crippen LogP contribution in [0.25, 0.3) is 0 Å². The summed E-state index contributed by atoms with van der Waals surface area (Å²) >= 11 is 0. The second-order valence-corrected chi connectivity index (χ2v) is 18.1. The molecule has 250 valence electrons. The van der Waals surface area contributed by atoms with E-state index in [1.54, 1.807) is 30.3 Å². The second kappa shape index (κ2) is 13.8. The molecule has 3 aromatic carbocycles. The molecule has 0 spiro atoms. The van der Waals surface area contributed by atoms with Crippen LogP contribution in [-0.2, 0) is 13.7 Å². The van der Waals surface area contributed by atoms with Crippen LogP contribution < -0.4 is 0 Å². The van der Waals surface area contributed by atoms with Crippen LogP contribution in [-0.4, -0.2) is 13.9 Å². The Hall–Kier alpha value is -2.29. The monoisotopic (exact) mass is 664 g/mol. The predicted molar refractivity (Wildman–Crippen MR) is 182 cm³/mol. The first kappa shape index (κ1) is 37.2. The SMILES string of the molecule is CC(C)c1cc(C(C)C)c(S(OS(=O)(=O)C(F)(F)F)(c2ccccc2)c2c(C(C)C)cc(C(C)C)cc2C(C)C)c(C(C)C)c1. The summed E-state index contributed by atoms with van der Waals surface area (Å²) in [6, 6.07) is 17.0. The highest BCUT2D eigenvalue weighted by Gasteiger charge is 2.54. The minimum absolute atomic E-state index is 0.135. The lowest BCUT2D eigenvalue weighted by Gasteiger charge is -2.46. The van der Waals surface area contributed by atoms with E-state index in [4.69, 9.17) is 3.63 Å². The fraction of sp³-hybridized carbons (Fsp3) is 0.514. The minimum atomic E-state index is -6.09. The van der Waals surface area contributed by atoms with Crippen molar-refractivity contribution in [1.29, 1.82) is 0 Å². The van der Waals surface area contributed by atoms with Gasteiger partial charge >= 0.3 is 15.6 Å². The van der Waals surface area contributed by atoms with Crippen LogP contribution in [0.2, 0.25) is 0 Å². The standard InChI is InChI=1S/C37H51F3O3S2/c1-22(2)28-18-31(24(5)6)35(32(19-28)25(7)8)44(30-16-14-13-15-17-30,43-45(41,42)37(38,39)40)36-33(26(9)10)20-29(23(3)4)21-34(36)27(11)12/h13-27H,1-12H3. The van der Waals surface area contributed by atoms with Gasteiger partial charge in [0.15, 0.2) is 0 Å². The minimum Gasteiger partial charge on any atom is -0.200 e. The Balaban J connectivity index is 2.90. The first-order chi connectivity index (χ1) is 20.7. The third kappa shape index (κ3) is 7.33. The van der Waals surface area contributed by atoms with E-state index in [-0.39, 0.29) is 35.5 Å². The van der Waals surface area contributed by atoms with Gasteiger partial charge in [-0.2, -0.15) is 25.2 Å². The Morgan fingerprint density at radius 3 is 1.09 bits per heavy atom. The molecule has 0 N–H and O–H groups in total. The van der Waals surface area contributed by atoms with Crippen LogP contribution in [0.5, 0.6) is 0 Å². The van der Waals surface area contributed by atoms with Gasteiger partial charge in [-0.25, -0.2) is 0 Å². The molecule has 0 saturated carbocycles. The highest BCUT2D eigenvalue weighted by molar-refractivity contribution is 8.33. The molecule has 3 nitrogen and oxygen atoms in total. The normalized spacial score (nSPS) is 13.7. The third-order valence-corrected chi connectivity index (χ3v) is 13.4. The number of hydrogen-bond acceptors (Lipinski definition) is 3. The van der Waals surface area contributed by atoms with Crippen LogP contribution in [0.3, 0.4) is 0 Å². The van der Waals surface area contributed by atoms with Crippen molar-refractivity contribution < 1.29 is 25.2 Å². The molecule has 0 radical (unpaired) electrons. The highest BCUT2D eigenvalue weighted by atomic mass is 32.3. The predicted octanol–water partition coefficient (Wildman–Crippen LogP) is 12.5. The van der Waals surface area contributed by atoms with E-state index < -0.39 is 25.9 Å². The molecule has 0 aliphatic carbocycles. The summed E-state index contributed by atoms with van der Waals surface area (Å²) in [5.41, 5.74) is -0.306. The van der Waals surface area contributed by atoms with Gasteiger partial charge in [-0.3, -0.25) is 0 Å². The van der Waals surface area contributed by atoms with Gasteiger partial charge in [0.2, 0.25) is 0 Å². The average Bonchev–Trinajstić information content (AvgIpc) is 2.94. The summed E-state index contributed by atoms with van der Waals surface area (Å²) < 4.78 is 76.9. The van der Waals surface area contributed by atoms with Crippen molar-refractivity contribution in [1.82, 2.24) is 0 Å². The molecule has 0 fully saturated rings. The topological polar surface area (TPSA) is 43.4 Å². The van der Waals surface area contributed by atoms with Crippen molar-refractivity contribution >= 4 is 20.4 Å². The van der Waals surface area contributed by atoms with E-state index in [2.05, 4.69) is 52.0 Å². The number of benzene rings is 3. The molecule has 0 aliphatic heterocycles. The first-order valence-electron chi connectivity index (χ1n) is 15.9. The van der Waals surface area contributed by atoms with Gasteiger partial charge in [0, 0.05) is 14.7 Å². The Morgan fingerprint density at radius 1 is 0.533 bits per heavy atom. The molecule has 0 aromatic heterocycles. The molecular formula is C37H51F3O3S2. The summed E-state index contributed by atoms with van der Waals surface area (Å²) in [7, 11) is -9.65. The van der Waals surface area contributed by atoms with E-state index in [0.29, 0.717) is 14.7 Å². The summed E-state index contributed by atoms with van der Waals surface area (Å²) in [4.78, 5) is 1.52. The fourth-order valence-corrected chi connectivity index (χ4v) is 11.6. The van der Waals surface area contributed by atoms with E-state index in [1.807, 2.05) is 55.4 Å². The third-order valence-electron chi connectivity index (χ3n) is 8.28. The number of rotatable bonds is 11. The molecule has 0 heterocycles. The lowest BCUT2D eigenvalue weighted by Crippen LogP contribution is -2.29. The summed E-state index contributed by atoms with van der Waals surface area (Å²) in [6.45, 7) is 24.4. The van der Waals surface area contributed by atoms with Crippen molar-refractivity contribution in [3.05, 3.63) is 88.0 Å². The van der Waals surface area contributed by atoms with Crippen molar-refractivity contribution in [2.45, 2.75) is 139 Å². The molecule has 3 rings (SSSR count).